The van der Waals surface area contributed by atoms with Gasteiger partial charge < -0.3 is 5.32 Å². The van der Waals surface area contributed by atoms with Gasteiger partial charge in [0.2, 0.25) is 5.91 Å². The van der Waals surface area contributed by atoms with E-state index in [9.17, 15) is 4.79 Å². The van der Waals surface area contributed by atoms with Crippen LogP contribution >= 0.6 is 11.6 Å². The summed E-state index contributed by atoms with van der Waals surface area (Å²) in [5, 5.41) is 3.87. The molecule has 0 radical (unpaired) electrons. The number of carbonyl (C=O) groups is 1. The van der Waals surface area contributed by atoms with Crippen LogP contribution in [-0.4, -0.2) is 11.9 Å². The molecule has 2 aliphatic rings. The zero-order valence-electron chi connectivity index (χ0n) is 10.4. The van der Waals surface area contributed by atoms with Crippen LogP contribution in [0.4, 0.5) is 0 Å². The Labute approximate surface area is 113 Å². The molecule has 3 rings (SSSR count). The van der Waals surface area contributed by atoms with Crippen LogP contribution in [0.25, 0.3) is 0 Å². The number of fused-ring (bicyclic) bond motifs is 2. The van der Waals surface area contributed by atoms with Gasteiger partial charge in [-0.1, -0.05) is 36.2 Å². The predicted octanol–water partition coefficient (Wildman–Crippen LogP) is 3.19. The largest absolute Gasteiger partial charge is 0.353 e. The van der Waals surface area contributed by atoms with Crippen molar-refractivity contribution < 1.29 is 4.79 Å². The first kappa shape index (κ1) is 12.0. The number of amides is 1. The molecule has 3 heteroatoms. The van der Waals surface area contributed by atoms with Crippen LogP contribution in [0, 0.1) is 11.8 Å². The van der Waals surface area contributed by atoms with Gasteiger partial charge in [-0.05, 0) is 42.7 Å². The minimum Gasteiger partial charge on any atom is -0.353 e. The van der Waals surface area contributed by atoms with Crippen molar-refractivity contribution in [3.8, 4) is 0 Å². The predicted molar refractivity (Wildman–Crippen MR) is 72.5 cm³/mol. The molecule has 0 aliphatic heterocycles. The molecule has 1 amide bonds. The summed E-state index contributed by atoms with van der Waals surface area (Å²) in [5.41, 5.74) is 0.917. The number of benzene rings is 1. The maximum absolute atomic E-state index is 12.0. The number of rotatable bonds is 3. The minimum atomic E-state index is 0.112. The quantitative estimate of drug-likeness (QED) is 0.892. The smallest absolute Gasteiger partial charge is 0.224 e. The van der Waals surface area contributed by atoms with E-state index in [1.165, 1.54) is 25.7 Å². The standard InChI is InChI=1S/C15H18ClNO/c16-13-4-2-1-3-11(13)9-15(18)17-14-8-10-5-6-12(14)7-10/h1-4,10,12,14H,5-9H2,(H,17,18)/t10-,12-,14+/m1/s1. The second-order valence-corrected chi connectivity index (χ2v) is 6.02. The van der Waals surface area contributed by atoms with Crippen molar-refractivity contribution in [2.45, 2.75) is 38.1 Å². The van der Waals surface area contributed by atoms with Crippen LogP contribution in [0.15, 0.2) is 24.3 Å². The van der Waals surface area contributed by atoms with Crippen molar-refractivity contribution in [2.24, 2.45) is 11.8 Å². The lowest BCUT2D eigenvalue weighted by Gasteiger charge is -2.23. The van der Waals surface area contributed by atoms with Crippen LogP contribution in [0.2, 0.25) is 5.02 Å². The van der Waals surface area contributed by atoms with Crippen LogP contribution in [0.1, 0.15) is 31.2 Å². The molecular weight excluding hydrogens is 246 g/mol. The third kappa shape index (κ3) is 2.39. The fourth-order valence-electron chi connectivity index (χ4n) is 3.49. The van der Waals surface area contributed by atoms with E-state index in [-0.39, 0.29) is 5.91 Å². The van der Waals surface area contributed by atoms with Crippen molar-refractivity contribution in [1.82, 2.24) is 5.32 Å². The Morgan fingerprint density at radius 2 is 2.11 bits per heavy atom. The van der Waals surface area contributed by atoms with Crippen LogP contribution < -0.4 is 5.32 Å². The van der Waals surface area contributed by atoms with Crippen LogP contribution in [0.5, 0.6) is 0 Å². The fourth-order valence-corrected chi connectivity index (χ4v) is 3.70. The van der Waals surface area contributed by atoms with E-state index in [4.69, 9.17) is 11.6 Å². The van der Waals surface area contributed by atoms with Gasteiger partial charge in [-0.25, -0.2) is 0 Å². The van der Waals surface area contributed by atoms with Crippen molar-refractivity contribution in [3.63, 3.8) is 0 Å². The van der Waals surface area contributed by atoms with E-state index in [1.54, 1.807) is 0 Å². The summed E-state index contributed by atoms with van der Waals surface area (Å²) >= 11 is 6.07. The first-order valence-corrected chi connectivity index (χ1v) is 7.13. The van der Waals surface area contributed by atoms with Gasteiger partial charge in [0.05, 0.1) is 6.42 Å². The Morgan fingerprint density at radius 3 is 2.78 bits per heavy atom. The van der Waals surface area contributed by atoms with Crippen LogP contribution in [0.3, 0.4) is 0 Å². The van der Waals surface area contributed by atoms with E-state index in [0.717, 1.165) is 17.4 Å². The monoisotopic (exact) mass is 263 g/mol. The average Bonchev–Trinajstić information content (AvgIpc) is 2.94. The average molecular weight is 264 g/mol. The molecule has 1 aromatic rings. The topological polar surface area (TPSA) is 29.1 Å². The minimum absolute atomic E-state index is 0.112. The number of hydrogen-bond donors (Lipinski definition) is 1. The van der Waals surface area contributed by atoms with E-state index in [2.05, 4.69) is 5.32 Å². The normalized spacial score (nSPS) is 29.5. The number of halogens is 1. The summed E-state index contributed by atoms with van der Waals surface area (Å²) in [6, 6.07) is 7.98. The zero-order chi connectivity index (χ0) is 12.5. The van der Waals surface area contributed by atoms with E-state index < -0.39 is 0 Å². The number of carbonyl (C=O) groups excluding carboxylic acids is 1. The van der Waals surface area contributed by atoms with Crippen molar-refractivity contribution in [1.29, 1.82) is 0 Å². The molecule has 0 unspecified atom stereocenters. The lowest BCUT2D eigenvalue weighted by Crippen LogP contribution is -2.39. The zero-order valence-corrected chi connectivity index (χ0v) is 11.1. The maximum atomic E-state index is 12.0. The molecule has 1 N–H and O–H groups in total. The lowest BCUT2D eigenvalue weighted by molar-refractivity contribution is -0.121. The van der Waals surface area contributed by atoms with Gasteiger partial charge in [0, 0.05) is 11.1 Å². The molecule has 96 valence electrons. The highest BCUT2D eigenvalue weighted by atomic mass is 35.5. The summed E-state index contributed by atoms with van der Waals surface area (Å²) in [4.78, 5) is 12.0. The first-order chi connectivity index (χ1) is 8.72. The van der Waals surface area contributed by atoms with Crippen molar-refractivity contribution in [3.05, 3.63) is 34.9 Å². The van der Waals surface area contributed by atoms with E-state index in [1.807, 2.05) is 24.3 Å². The Kier molecular flexibility index (Phi) is 3.29. The molecular formula is C15H18ClNO. The van der Waals surface area contributed by atoms with Gasteiger partial charge in [-0.3, -0.25) is 4.79 Å². The van der Waals surface area contributed by atoms with Gasteiger partial charge >= 0.3 is 0 Å². The third-order valence-electron chi connectivity index (χ3n) is 4.39. The molecule has 2 bridgehead atoms. The highest BCUT2D eigenvalue weighted by molar-refractivity contribution is 6.31. The molecule has 0 aromatic heterocycles. The summed E-state index contributed by atoms with van der Waals surface area (Å²) < 4.78 is 0. The Balaban J connectivity index is 1.58. The molecule has 0 saturated heterocycles. The van der Waals surface area contributed by atoms with Gasteiger partial charge in [0.25, 0.3) is 0 Å². The summed E-state index contributed by atoms with van der Waals surface area (Å²) in [5.74, 6) is 1.70. The molecule has 2 fully saturated rings. The Hall–Kier alpha value is -1.02. The highest BCUT2D eigenvalue weighted by Gasteiger charge is 2.39. The molecule has 1 aromatic carbocycles. The molecule has 3 atom stereocenters. The molecule has 0 heterocycles. The second kappa shape index (κ2) is 4.93. The first-order valence-electron chi connectivity index (χ1n) is 6.75. The number of hydrogen-bond acceptors (Lipinski definition) is 1. The number of nitrogens with one attached hydrogen (secondary N) is 1. The lowest BCUT2D eigenvalue weighted by atomic mass is 9.95. The Morgan fingerprint density at radius 1 is 1.28 bits per heavy atom. The fraction of sp³-hybridized carbons (Fsp3) is 0.533. The van der Waals surface area contributed by atoms with Crippen molar-refractivity contribution >= 4 is 17.5 Å². The molecule has 2 saturated carbocycles. The third-order valence-corrected chi connectivity index (χ3v) is 4.76. The highest BCUT2D eigenvalue weighted by Crippen LogP contribution is 2.44. The van der Waals surface area contributed by atoms with Gasteiger partial charge in [0.15, 0.2) is 0 Å². The van der Waals surface area contributed by atoms with E-state index in [0.29, 0.717) is 17.5 Å². The van der Waals surface area contributed by atoms with Gasteiger partial charge in [0.1, 0.15) is 0 Å². The molecule has 2 aliphatic carbocycles. The SMILES string of the molecule is O=C(Cc1ccccc1Cl)N[C@H]1C[C@@H]2CC[C@@H]1C2. The van der Waals surface area contributed by atoms with E-state index >= 15 is 0 Å². The molecule has 0 spiro atoms. The summed E-state index contributed by atoms with van der Waals surface area (Å²) in [6.45, 7) is 0. The van der Waals surface area contributed by atoms with Gasteiger partial charge in [-0.2, -0.15) is 0 Å². The van der Waals surface area contributed by atoms with Crippen LogP contribution in [-0.2, 0) is 11.2 Å². The molecule has 18 heavy (non-hydrogen) atoms. The summed E-state index contributed by atoms with van der Waals surface area (Å²) in [7, 11) is 0. The van der Waals surface area contributed by atoms with Gasteiger partial charge in [-0.15, -0.1) is 0 Å². The summed E-state index contributed by atoms with van der Waals surface area (Å²) in [6.07, 6.45) is 5.55. The molecule has 2 nitrogen and oxygen atoms in total. The Bertz CT molecular complexity index is 460. The second-order valence-electron chi connectivity index (χ2n) is 5.62. The maximum Gasteiger partial charge on any atom is 0.224 e. The van der Waals surface area contributed by atoms with Crippen molar-refractivity contribution in [2.75, 3.05) is 0 Å².